The Morgan fingerprint density at radius 3 is 2.50 bits per heavy atom. The largest absolute Gasteiger partial charge is 0.416 e. The molecule has 2 heterocycles. The van der Waals surface area contributed by atoms with Crippen molar-refractivity contribution in [3.8, 4) is 0 Å². The molecule has 0 bridgehead atoms. The molecule has 2 aliphatic rings. The van der Waals surface area contributed by atoms with Crippen LogP contribution in [0.3, 0.4) is 0 Å². The lowest BCUT2D eigenvalue weighted by Gasteiger charge is -2.35. The SMILES string of the molecule is O=C(c1cccc(C(F)(F)F)c1)[C@@H]1CCCN(C(=O)C2CCOCC2)C1. The van der Waals surface area contributed by atoms with Gasteiger partial charge < -0.3 is 9.64 Å². The van der Waals surface area contributed by atoms with Crippen molar-refractivity contribution in [1.29, 1.82) is 0 Å². The number of Topliss-reactive ketones (excluding diaryl/α,β-unsaturated/α-hetero) is 1. The van der Waals surface area contributed by atoms with Gasteiger partial charge >= 0.3 is 6.18 Å². The smallest absolute Gasteiger partial charge is 0.381 e. The number of amides is 1. The molecule has 2 saturated heterocycles. The lowest BCUT2D eigenvalue weighted by Crippen LogP contribution is -2.45. The number of rotatable bonds is 3. The Labute approximate surface area is 150 Å². The minimum Gasteiger partial charge on any atom is -0.381 e. The highest BCUT2D eigenvalue weighted by molar-refractivity contribution is 5.98. The van der Waals surface area contributed by atoms with Crippen LogP contribution < -0.4 is 0 Å². The summed E-state index contributed by atoms with van der Waals surface area (Å²) in [5.41, 5.74) is -0.764. The predicted octanol–water partition coefficient (Wildman–Crippen LogP) is 3.55. The third-order valence-corrected chi connectivity index (χ3v) is 5.15. The summed E-state index contributed by atoms with van der Waals surface area (Å²) < 4.78 is 43.9. The molecule has 0 N–H and O–H groups in total. The Bertz CT molecular complexity index is 668. The second-order valence-electron chi connectivity index (χ2n) is 6.95. The van der Waals surface area contributed by atoms with E-state index in [4.69, 9.17) is 4.74 Å². The first kappa shape index (κ1) is 18.9. The molecule has 1 atom stereocenters. The van der Waals surface area contributed by atoms with Gasteiger partial charge in [0.1, 0.15) is 0 Å². The molecule has 142 valence electrons. The molecular weight excluding hydrogens is 347 g/mol. The van der Waals surface area contributed by atoms with Crippen molar-refractivity contribution in [3.63, 3.8) is 0 Å². The molecule has 0 unspecified atom stereocenters. The number of ketones is 1. The molecule has 0 radical (unpaired) electrons. The molecule has 1 amide bonds. The maximum Gasteiger partial charge on any atom is 0.416 e. The lowest BCUT2D eigenvalue weighted by molar-refractivity contribution is -0.140. The minimum absolute atomic E-state index is 0.0369. The first-order valence-electron chi connectivity index (χ1n) is 8.94. The first-order valence-corrected chi connectivity index (χ1v) is 8.94. The van der Waals surface area contributed by atoms with Gasteiger partial charge in [0.15, 0.2) is 5.78 Å². The van der Waals surface area contributed by atoms with Gasteiger partial charge in [-0.05, 0) is 37.8 Å². The number of carbonyl (C=O) groups excluding carboxylic acids is 2. The number of piperidine rings is 1. The number of carbonyl (C=O) groups is 2. The molecule has 0 aliphatic carbocycles. The van der Waals surface area contributed by atoms with Crippen LogP contribution in [0.4, 0.5) is 13.2 Å². The molecule has 1 aromatic rings. The van der Waals surface area contributed by atoms with E-state index >= 15 is 0 Å². The van der Waals surface area contributed by atoms with E-state index in [1.165, 1.54) is 12.1 Å². The summed E-state index contributed by atoms with van der Waals surface area (Å²) in [7, 11) is 0. The number of ether oxygens (including phenoxy) is 1. The molecule has 0 saturated carbocycles. The van der Waals surface area contributed by atoms with E-state index in [1.54, 1.807) is 4.90 Å². The Morgan fingerprint density at radius 1 is 1.08 bits per heavy atom. The first-order chi connectivity index (χ1) is 12.4. The summed E-state index contributed by atoms with van der Waals surface area (Å²) >= 11 is 0. The average molecular weight is 369 g/mol. The Morgan fingerprint density at radius 2 is 1.81 bits per heavy atom. The molecule has 2 fully saturated rings. The van der Waals surface area contributed by atoms with E-state index in [2.05, 4.69) is 0 Å². The van der Waals surface area contributed by atoms with Crippen LogP contribution in [-0.4, -0.2) is 42.9 Å². The number of benzene rings is 1. The van der Waals surface area contributed by atoms with Crippen LogP contribution in [-0.2, 0) is 15.7 Å². The van der Waals surface area contributed by atoms with Gasteiger partial charge in [0.2, 0.25) is 5.91 Å². The summed E-state index contributed by atoms with van der Waals surface area (Å²) in [6.45, 7) is 2.02. The maximum atomic E-state index is 12.9. The second-order valence-corrected chi connectivity index (χ2v) is 6.95. The number of hydrogen-bond acceptors (Lipinski definition) is 3. The number of nitrogens with zero attached hydrogens (tertiary/aromatic N) is 1. The topological polar surface area (TPSA) is 46.6 Å². The standard InChI is InChI=1S/C19H22F3NO3/c20-19(21,22)16-5-1-3-14(11-16)17(24)15-4-2-8-23(12-15)18(25)13-6-9-26-10-7-13/h1,3,5,11,13,15H,2,4,6-10,12H2/t15-/m1/s1. The van der Waals surface area contributed by atoms with Gasteiger partial charge in [-0.25, -0.2) is 0 Å². The third kappa shape index (κ3) is 4.26. The molecular formula is C19H22F3NO3. The number of hydrogen-bond donors (Lipinski definition) is 0. The van der Waals surface area contributed by atoms with Crippen molar-refractivity contribution >= 4 is 11.7 Å². The van der Waals surface area contributed by atoms with Crippen LogP contribution in [0.2, 0.25) is 0 Å². The van der Waals surface area contributed by atoms with Crippen LogP contribution in [0.15, 0.2) is 24.3 Å². The highest BCUT2D eigenvalue weighted by Crippen LogP contribution is 2.31. The fraction of sp³-hybridized carbons (Fsp3) is 0.579. The molecule has 0 spiro atoms. The van der Waals surface area contributed by atoms with Crippen LogP contribution >= 0.6 is 0 Å². The van der Waals surface area contributed by atoms with Gasteiger partial charge in [-0.1, -0.05) is 12.1 Å². The van der Waals surface area contributed by atoms with Crippen molar-refractivity contribution in [2.24, 2.45) is 11.8 Å². The van der Waals surface area contributed by atoms with Crippen molar-refractivity contribution in [2.75, 3.05) is 26.3 Å². The average Bonchev–Trinajstić information content (AvgIpc) is 2.67. The van der Waals surface area contributed by atoms with E-state index in [1.807, 2.05) is 0 Å². The van der Waals surface area contributed by atoms with E-state index < -0.39 is 17.7 Å². The number of likely N-dealkylation sites (tertiary alicyclic amines) is 1. The molecule has 4 nitrogen and oxygen atoms in total. The van der Waals surface area contributed by atoms with Crippen molar-refractivity contribution in [2.45, 2.75) is 31.9 Å². The van der Waals surface area contributed by atoms with Crippen LogP contribution in [0.1, 0.15) is 41.6 Å². The van der Waals surface area contributed by atoms with E-state index in [0.29, 0.717) is 45.4 Å². The summed E-state index contributed by atoms with van der Waals surface area (Å²) in [4.78, 5) is 27.1. The Hall–Kier alpha value is -1.89. The molecule has 7 heteroatoms. The summed E-state index contributed by atoms with van der Waals surface area (Å²) in [5.74, 6) is -0.808. The Balaban J connectivity index is 1.69. The fourth-order valence-corrected chi connectivity index (χ4v) is 3.68. The van der Waals surface area contributed by atoms with Crippen molar-refractivity contribution in [3.05, 3.63) is 35.4 Å². The lowest BCUT2D eigenvalue weighted by atomic mass is 9.88. The van der Waals surface area contributed by atoms with Crippen LogP contribution in [0.25, 0.3) is 0 Å². The maximum absolute atomic E-state index is 12.9. The molecule has 2 aliphatic heterocycles. The number of halogens is 3. The van der Waals surface area contributed by atoms with Gasteiger partial charge in [-0.15, -0.1) is 0 Å². The van der Waals surface area contributed by atoms with E-state index in [-0.39, 0.29) is 29.7 Å². The zero-order valence-electron chi connectivity index (χ0n) is 14.4. The summed E-state index contributed by atoms with van der Waals surface area (Å²) in [6.07, 6.45) is -1.84. The predicted molar refractivity (Wildman–Crippen MR) is 88.6 cm³/mol. The normalized spacial score (nSPS) is 22.3. The highest BCUT2D eigenvalue weighted by Gasteiger charge is 2.34. The van der Waals surface area contributed by atoms with Crippen LogP contribution in [0.5, 0.6) is 0 Å². The van der Waals surface area contributed by atoms with Gasteiger partial charge in [0, 0.05) is 43.7 Å². The monoisotopic (exact) mass is 369 g/mol. The highest BCUT2D eigenvalue weighted by atomic mass is 19.4. The van der Waals surface area contributed by atoms with Crippen LogP contribution in [0, 0.1) is 11.8 Å². The zero-order valence-corrected chi connectivity index (χ0v) is 14.4. The quantitative estimate of drug-likeness (QED) is 0.766. The van der Waals surface area contributed by atoms with Gasteiger partial charge in [0.05, 0.1) is 5.56 Å². The van der Waals surface area contributed by atoms with Gasteiger partial charge in [-0.2, -0.15) is 13.2 Å². The molecule has 1 aromatic carbocycles. The number of alkyl halides is 3. The van der Waals surface area contributed by atoms with E-state index in [0.717, 1.165) is 12.1 Å². The van der Waals surface area contributed by atoms with Crippen molar-refractivity contribution in [1.82, 2.24) is 4.90 Å². The molecule has 26 heavy (non-hydrogen) atoms. The molecule has 0 aromatic heterocycles. The summed E-state index contributed by atoms with van der Waals surface area (Å²) in [5, 5.41) is 0. The Kier molecular flexibility index (Phi) is 5.65. The zero-order chi connectivity index (χ0) is 18.7. The van der Waals surface area contributed by atoms with Gasteiger partial charge in [0.25, 0.3) is 0 Å². The van der Waals surface area contributed by atoms with Crippen molar-refractivity contribution < 1.29 is 27.5 Å². The van der Waals surface area contributed by atoms with Gasteiger partial charge in [-0.3, -0.25) is 9.59 Å². The summed E-state index contributed by atoms with van der Waals surface area (Å²) in [6, 6.07) is 4.53. The fourth-order valence-electron chi connectivity index (χ4n) is 3.68. The molecule has 3 rings (SSSR count). The second kappa shape index (κ2) is 7.78. The minimum atomic E-state index is -4.48. The third-order valence-electron chi connectivity index (χ3n) is 5.15. The van der Waals surface area contributed by atoms with E-state index in [9.17, 15) is 22.8 Å².